The number of thiazole rings is 1. The van der Waals surface area contributed by atoms with Crippen LogP contribution in [-0.2, 0) is 9.53 Å². The van der Waals surface area contributed by atoms with E-state index in [1.165, 1.54) is 11.3 Å². The van der Waals surface area contributed by atoms with Crippen LogP contribution in [0.5, 0.6) is 0 Å². The van der Waals surface area contributed by atoms with E-state index in [0.717, 1.165) is 10.6 Å². The number of nitrogens with one attached hydrogen (secondary N) is 1. The number of nitrogens with zero attached hydrogens (tertiary/aromatic N) is 2. The maximum atomic E-state index is 12.7. The van der Waals surface area contributed by atoms with Gasteiger partial charge in [-0.1, -0.05) is 0 Å². The third-order valence-electron chi connectivity index (χ3n) is 3.51. The van der Waals surface area contributed by atoms with Crippen molar-refractivity contribution < 1.29 is 14.3 Å². The Labute approximate surface area is 160 Å². The van der Waals surface area contributed by atoms with Gasteiger partial charge in [0, 0.05) is 24.1 Å². The lowest BCUT2D eigenvalue weighted by Crippen LogP contribution is -2.35. The van der Waals surface area contributed by atoms with Crippen molar-refractivity contribution in [3.05, 3.63) is 27.4 Å². The highest BCUT2D eigenvalue weighted by atomic mass is 32.1. The van der Waals surface area contributed by atoms with Gasteiger partial charge in [0.15, 0.2) is 5.92 Å². The van der Waals surface area contributed by atoms with Crippen LogP contribution in [-0.4, -0.2) is 35.9 Å². The normalized spacial score (nSPS) is 12.0. The molecule has 0 bridgehead atoms. The minimum atomic E-state index is -1.37. The van der Waals surface area contributed by atoms with Crippen LogP contribution >= 0.6 is 22.7 Å². The molecule has 138 valence electrons. The number of aryl methyl sites for hydroxylation is 1. The van der Waals surface area contributed by atoms with E-state index in [2.05, 4.69) is 10.3 Å². The van der Waals surface area contributed by atoms with Gasteiger partial charge in [0.1, 0.15) is 5.01 Å². The molecule has 0 saturated carbocycles. The molecule has 0 fully saturated rings. The number of carbonyl (C=O) groups is 2. The molecule has 2 aromatic rings. The van der Waals surface area contributed by atoms with Crippen molar-refractivity contribution in [2.45, 2.75) is 33.3 Å². The van der Waals surface area contributed by atoms with E-state index in [1.807, 2.05) is 36.7 Å². The number of ketones is 1. The van der Waals surface area contributed by atoms with Crippen LogP contribution in [0.15, 0.2) is 16.8 Å². The smallest absolute Gasteiger partial charge is 0.245 e. The van der Waals surface area contributed by atoms with Gasteiger partial charge in [-0.25, -0.2) is 4.98 Å². The Balaban J connectivity index is 2.00. The van der Waals surface area contributed by atoms with E-state index < -0.39 is 17.6 Å². The lowest BCUT2D eigenvalue weighted by molar-refractivity contribution is -0.122. The summed E-state index contributed by atoms with van der Waals surface area (Å²) in [5.41, 5.74) is 1.48. The van der Waals surface area contributed by atoms with E-state index in [1.54, 1.807) is 18.3 Å². The van der Waals surface area contributed by atoms with Crippen molar-refractivity contribution in [2.24, 2.45) is 5.92 Å². The Bertz CT molecular complexity index is 791. The quantitative estimate of drug-likeness (QED) is 0.402. The molecule has 0 aromatic carbocycles. The lowest BCUT2D eigenvalue weighted by atomic mass is 10.0. The summed E-state index contributed by atoms with van der Waals surface area (Å²) in [7, 11) is 0. The van der Waals surface area contributed by atoms with E-state index in [9.17, 15) is 14.9 Å². The fraction of sp³-hybridized carbons (Fsp3) is 0.444. The van der Waals surface area contributed by atoms with Crippen molar-refractivity contribution in [3.8, 4) is 16.6 Å². The molecule has 0 saturated heterocycles. The van der Waals surface area contributed by atoms with Gasteiger partial charge >= 0.3 is 0 Å². The molecule has 2 rings (SSSR count). The lowest BCUT2D eigenvalue weighted by Gasteiger charge is -2.10. The second-order valence-electron chi connectivity index (χ2n) is 5.94. The Morgan fingerprint density at radius 3 is 2.81 bits per heavy atom. The van der Waals surface area contributed by atoms with Crippen LogP contribution in [0.1, 0.15) is 35.6 Å². The number of nitriles is 1. The standard InChI is InChI=1S/C18H21N3O3S2/c1-11(2)24-7-4-6-20-17(23)14(9-19)15(22)16-12(3)21-18(26-16)13-5-8-25-10-13/h5,8,10-11,14H,4,6-7H2,1-3H3,(H,20,23). The largest absolute Gasteiger partial charge is 0.379 e. The van der Waals surface area contributed by atoms with Crippen LogP contribution in [0.4, 0.5) is 0 Å². The Hall–Kier alpha value is -2.08. The van der Waals surface area contributed by atoms with Crippen molar-refractivity contribution in [1.82, 2.24) is 10.3 Å². The topological polar surface area (TPSA) is 92.1 Å². The highest BCUT2D eigenvalue weighted by Crippen LogP contribution is 2.30. The molecule has 26 heavy (non-hydrogen) atoms. The number of thiophene rings is 1. The molecular weight excluding hydrogens is 370 g/mol. The number of aromatic nitrogens is 1. The van der Waals surface area contributed by atoms with E-state index in [-0.39, 0.29) is 6.10 Å². The van der Waals surface area contributed by atoms with Gasteiger partial charge < -0.3 is 10.1 Å². The first-order valence-electron chi connectivity index (χ1n) is 8.27. The Morgan fingerprint density at radius 2 is 2.19 bits per heavy atom. The van der Waals surface area contributed by atoms with Crippen LogP contribution in [0, 0.1) is 24.2 Å². The number of carbonyl (C=O) groups excluding carboxylic acids is 2. The summed E-state index contributed by atoms with van der Waals surface area (Å²) < 4.78 is 5.39. The molecule has 2 aromatic heterocycles. The number of hydrogen-bond donors (Lipinski definition) is 1. The van der Waals surface area contributed by atoms with Crippen LogP contribution in [0.2, 0.25) is 0 Å². The molecule has 1 N–H and O–H groups in total. The Morgan fingerprint density at radius 1 is 1.42 bits per heavy atom. The van der Waals surface area contributed by atoms with E-state index >= 15 is 0 Å². The predicted molar refractivity (Wildman–Crippen MR) is 102 cm³/mol. The van der Waals surface area contributed by atoms with E-state index in [4.69, 9.17) is 4.74 Å². The fourth-order valence-corrected chi connectivity index (χ4v) is 3.95. The Kier molecular flexibility index (Phi) is 7.45. The van der Waals surface area contributed by atoms with Gasteiger partial charge in [0.25, 0.3) is 0 Å². The van der Waals surface area contributed by atoms with Gasteiger partial charge in [-0.2, -0.15) is 16.6 Å². The molecule has 2 heterocycles. The summed E-state index contributed by atoms with van der Waals surface area (Å²) in [6.45, 7) is 6.46. The SMILES string of the molecule is Cc1nc(-c2ccsc2)sc1C(=O)C(C#N)C(=O)NCCCOC(C)C. The molecule has 0 radical (unpaired) electrons. The zero-order chi connectivity index (χ0) is 19.1. The maximum Gasteiger partial charge on any atom is 0.245 e. The van der Waals surface area contributed by atoms with Gasteiger partial charge in [-0.15, -0.1) is 11.3 Å². The summed E-state index contributed by atoms with van der Waals surface area (Å²) in [6.07, 6.45) is 0.754. The van der Waals surface area contributed by atoms with Crippen molar-refractivity contribution in [3.63, 3.8) is 0 Å². The predicted octanol–water partition coefficient (Wildman–Crippen LogP) is 3.43. The third kappa shape index (κ3) is 5.21. The van der Waals surface area contributed by atoms with Gasteiger partial charge in [-0.05, 0) is 38.6 Å². The third-order valence-corrected chi connectivity index (χ3v) is 5.42. The first-order chi connectivity index (χ1) is 12.4. The van der Waals surface area contributed by atoms with Crippen LogP contribution in [0.3, 0.4) is 0 Å². The number of ether oxygens (including phenoxy) is 1. The zero-order valence-electron chi connectivity index (χ0n) is 14.9. The summed E-state index contributed by atoms with van der Waals surface area (Å²) in [6, 6.07) is 3.74. The molecule has 0 spiro atoms. The van der Waals surface area contributed by atoms with E-state index in [0.29, 0.717) is 30.1 Å². The minimum Gasteiger partial charge on any atom is -0.379 e. The molecular formula is C18H21N3O3S2. The molecule has 8 heteroatoms. The molecule has 1 amide bonds. The summed E-state index contributed by atoms with van der Waals surface area (Å²) in [5.74, 6) is -2.44. The van der Waals surface area contributed by atoms with Crippen molar-refractivity contribution >= 4 is 34.4 Å². The first-order valence-corrected chi connectivity index (χ1v) is 10.0. The highest BCUT2D eigenvalue weighted by Gasteiger charge is 2.30. The van der Waals surface area contributed by atoms with Gasteiger partial charge in [0.2, 0.25) is 11.7 Å². The van der Waals surface area contributed by atoms with Crippen molar-refractivity contribution in [2.75, 3.05) is 13.2 Å². The molecule has 0 aliphatic carbocycles. The van der Waals surface area contributed by atoms with Crippen LogP contribution in [0.25, 0.3) is 10.6 Å². The summed E-state index contributed by atoms with van der Waals surface area (Å²) in [5, 5.41) is 16.5. The zero-order valence-corrected chi connectivity index (χ0v) is 16.6. The number of rotatable bonds is 9. The van der Waals surface area contributed by atoms with Gasteiger partial charge in [-0.3, -0.25) is 9.59 Å². The molecule has 6 nitrogen and oxygen atoms in total. The first kappa shape index (κ1) is 20.2. The average molecular weight is 392 g/mol. The number of hydrogen-bond acceptors (Lipinski definition) is 7. The molecule has 0 aliphatic heterocycles. The monoisotopic (exact) mass is 391 g/mol. The summed E-state index contributed by atoms with van der Waals surface area (Å²) in [4.78, 5) is 29.6. The second-order valence-corrected chi connectivity index (χ2v) is 7.72. The summed E-state index contributed by atoms with van der Waals surface area (Å²) >= 11 is 2.76. The average Bonchev–Trinajstić information content (AvgIpc) is 3.24. The molecule has 1 atom stereocenters. The fourth-order valence-electron chi connectivity index (χ4n) is 2.21. The van der Waals surface area contributed by atoms with Gasteiger partial charge in [0.05, 0.1) is 22.7 Å². The number of amides is 1. The minimum absolute atomic E-state index is 0.130. The second kappa shape index (κ2) is 9.57. The molecule has 1 unspecified atom stereocenters. The van der Waals surface area contributed by atoms with Crippen LogP contribution < -0.4 is 5.32 Å². The number of Topliss-reactive ketones (excluding diaryl/α,β-unsaturated/α-hetero) is 1. The highest BCUT2D eigenvalue weighted by molar-refractivity contribution is 7.17. The maximum absolute atomic E-state index is 12.7. The van der Waals surface area contributed by atoms with Crippen molar-refractivity contribution in [1.29, 1.82) is 5.26 Å². The molecule has 0 aliphatic rings.